The minimum atomic E-state index is 0.558. The molecule has 0 amide bonds. The molecule has 0 aliphatic rings. The standard InChI is InChI=1S/C51H31N3OS/c1-4-15-32(16-5-1)35-21-12-22-36(29-35)50-52-49(34-19-8-3-9-20-34)53-51(54-50)41-26-13-25-40-46-38(24-14-27-43(46)55-48(40)41)42-30-37(33-17-6-2-7-18-33)31-45-47(42)39-23-10-11-28-44(39)56-45/h1-31H. The molecule has 0 bridgehead atoms. The molecule has 5 heteroatoms. The van der Waals surface area contributed by atoms with Crippen molar-refractivity contribution in [1.82, 2.24) is 15.0 Å². The molecular formula is C51H31N3OS. The summed E-state index contributed by atoms with van der Waals surface area (Å²) in [5, 5.41) is 4.60. The van der Waals surface area contributed by atoms with E-state index in [4.69, 9.17) is 19.4 Å². The lowest BCUT2D eigenvalue weighted by molar-refractivity contribution is 0.669. The van der Waals surface area contributed by atoms with Gasteiger partial charge in [-0.1, -0.05) is 152 Å². The molecule has 11 rings (SSSR count). The Morgan fingerprint density at radius 1 is 0.339 bits per heavy atom. The average Bonchev–Trinajstić information content (AvgIpc) is 3.86. The highest BCUT2D eigenvalue weighted by molar-refractivity contribution is 7.26. The Morgan fingerprint density at radius 2 is 0.911 bits per heavy atom. The zero-order valence-electron chi connectivity index (χ0n) is 30.1. The maximum atomic E-state index is 6.87. The fourth-order valence-corrected chi connectivity index (χ4v) is 9.09. The Morgan fingerprint density at radius 3 is 1.70 bits per heavy atom. The summed E-state index contributed by atoms with van der Waals surface area (Å²) < 4.78 is 9.40. The number of hydrogen-bond acceptors (Lipinski definition) is 5. The van der Waals surface area contributed by atoms with Crippen LogP contribution in [-0.4, -0.2) is 15.0 Å². The molecule has 0 saturated carbocycles. The van der Waals surface area contributed by atoms with Crippen LogP contribution in [0.25, 0.3) is 110 Å². The van der Waals surface area contributed by atoms with E-state index in [1.807, 2.05) is 47.7 Å². The molecule has 0 unspecified atom stereocenters. The normalized spacial score (nSPS) is 11.6. The van der Waals surface area contributed by atoms with Gasteiger partial charge in [0.1, 0.15) is 11.2 Å². The second-order valence-electron chi connectivity index (χ2n) is 13.9. The molecule has 0 spiro atoms. The van der Waals surface area contributed by atoms with Crippen LogP contribution in [0, 0.1) is 0 Å². The summed E-state index contributed by atoms with van der Waals surface area (Å²) in [5.74, 6) is 1.77. The molecule has 3 aromatic heterocycles. The van der Waals surface area contributed by atoms with Crippen molar-refractivity contribution >= 4 is 53.4 Å². The average molecular weight is 734 g/mol. The highest BCUT2D eigenvalue weighted by Gasteiger charge is 2.22. The Hall–Kier alpha value is -7.21. The number of benzene rings is 8. The van der Waals surface area contributed by atoms with Gasteiger partial charge in [0.25, 0.3) is 0 Å². The van der Waals surface area contributed by atoms with Gasteiger partial charge in [0, 0.05) is 42.1 Å². The number of fused-ring (bicyclic) bond motifs is 6. The quantitative estimate of drug-likeness (QED) is 0.171. The van der Waals surface area contributed by atoms with E-state index < -0.39 is 0 Å². The number of para-hydroxylation sites is 1. The van der Waals surface area contributed by atoms with Gasteiger partial charge in [-0.15, -0.1) is 11.3 Å². The van der Waals surface area contributed by atoms with Crippen molar-refractivity contribution in [2.24, 2.45) is 0 Å². The van der Waals surface area contributed by atoms with Crippen molar-refractivity contribution in [3.8, 4) is 67.5 Å². The van der Waals surface area contributed by atoms with Crippen LogP contribution in [0.2, 0.25) is 0 Å². The molecule has 11 aromatic rings. The first kappa shape index (κ1) is 32.2. The molecule has 4 nitrogen and oxygen atoms in total. The molecule has 0 N–H and O–H groups in total. The summed E-state index contributed by atoms with van der Waals surface area (Å²) in [6, 6.07) is 65.6. The van der Waals surface area contributed by atoms with Crippen LogP contribution >= 0.6 is 11.3 Å². The third kappa shape index (κ3) is 5.48. The third-order valence-corrected chi connectivity index (χ3v) is 11.7. The summed E-state index contributed by atoms with van der Waals surface area (Å²) in [6.45, 7) is 0. The SMILES string of the molecule is c1ccc(-c2cccc(-c3nc(-c4ccccc4)nc(-c4cccc5c4oc4cccc(-c6cc(-c7ccccc7)cc7sc8ccccc8c67)c45)n3)c2)cc1. The number of hydrogen-bond donors (Lipinski definition) is 0. The highest BCUT2D eigenvalue weighted by atomic mass is 32.1. The van der Waals surface area contributed by atoms with E-state index in [2.05, 4.69) is 152 Å². The molecule has 0 fully saturated rings. The van der Waals surface area contributed by atoms with E-state index in [1.54, 1.807) is 0 Å². The van der Waals surface area contributed by atoms with Crippen molar-refractivity contribution in [3.05, 3.63) is 188 Å². The van der Waals surface area contributed by atoms with Gasteiger partial charge in [0.2, 0.25) is 0 Å². The van der Waals surface area contributed by atoms with Gasteiger partial charge < -0.3 is 4.42 Å². The van der Waals surface area contributed by atoms with Crippen LogP contribution < -0.4 is 0 Å². The first-order valence-corrected chi connectivity index (χ1v) is 19.5. The maximum Gasteiger partial charge on any atom is 0.167 e. The number of thiophene rings is 1. The summed E-state index contributed by atoms with van der Waals surface area (Å²) in [4.78, 5) is 15.3. The van der Waals surface area contributed by atoms with E-state index in [0.717, 1.165) is 55.3 Å². The zero-order valence-corrected chi connectivity index (χ0v) is 30.9. The highest BCUT2D eigenvalue weighted by Crippen LogP contribution is 2.47. The van der Waals surface area contributed by atoms with E-state index >= 15 is 0 Å². The van der Waals surface area contributed by atoms with Gasteiger partial charge >= 0.3 is 0 Å². The van der Waals surface area contributed by atoms with E-state index in [0.29, 0.717) is 17.5 Å². The smallest absolute Gasteiger partial charge is 0.167 e. The maximum absolute atomic E-state index is 6.87. The number of rotatable bonds is 6. The Balaban J connectivity index is 1.14. The second-order valence-corrected chi connectivity index (χ2v) is 15.0. The lowest BCUT2D eigenvalue weighted by atomic mass is 9.92. The zero-order chi connectivity index (χ0) is 37.0. The number of nitrogens with zero attached hydrogens (tertiary/aromatic N) is 3. The van der Waals surface area contributed by atoms with Crippen molar-refractivity contribution in [2.45, 2.75) is 0 Å². The molecule has 0 aliphatic heterocycles. The van der Waals surface area contributed by atoms with Crippen molar-refractivity contribution in [1.29, 1.82) is 0 Å². The molecule has 8 aromatic carbocycles. The van der Waals surface area contributed by atoms with Gasteiger partial charge in [0.05, 0.1) is 5.56 Å². The predicted octanol–water partition coefficient (Wildman–Crippen LogP) is 14.1. The van der Waals surface area contributed by atoms with Crippen LogP contribution in [0.1, 0.15) is 0 Å². The number of aromatic nitrogens is 3. The fourth-order valence-electron chi connectivity index (χ4n) is 7.92. The summed E-state index contributed by atoms with van der Waals surface area (Å²) in [5.41, 5.74) is 11.1. The van der Waals surface area contributed by atoms with Crippen molar-refractivity contribution in [2.75, 3.05) is 0 Å². The Labute approximate surface area is 327 Å². The molecular weight excluding hydrogens is 703 g/mol. The third-order valence-electron chi connectivity index (χ3n) is 10.5. The largest absolute Gasteiger partial charge is 0.455 e. The van der Waals surface area contributed by atoms with Crippen LogP contribution in [0.3, 0.4) is 0 Å². The van der Waals surface area contributed by atoms with Gasteiger partial charge in [-0.3, -0.25) is 0 Å². The lowest BCUT2D eigenvalue weighted by Crippen LogP contribution is -2.00. The minimum absolute atomic E-state index is 0.558. The molecule has 0 saturated heterocycles. The van der Waals surface area contributed by atoms with Gasteiger partial charge in [0.15, 0.2) is 17.5 Å². The molecule has 0 radical (unpaired) electrons. The van der Waals surface area contributed by atoms with Crippen LogP contribution in [0.15, 0.2) is 192 Å². The first-order chi connectivity index (χ1) is 27.7. The Kier molecular flexibility index (Phi) is 7.64. The summed E-state index contributed by atoms with van der Waals surface area (Å²) in [6.07, 6.45) is 0. The predicted molar refractivity (Wildman–Crippen MR) is 233 cm³/mol. The molecule has 56 heavy (non-hydrogen) atoms. The summed E-state index contributed by atoms with van der Waals surface area (Å²) >= 11 is 1.84. The van der Waals surface area contributed by atoms with Crippen molar-refractivity contribution in [3.63, 3.8) is 0 Å². The molecule has 262 valence electrons. The van der Waals surface area contributed by atoms with Crippen LogP contribution in [0.5, 0.6) is 0 Å². The lowest BCUT2D eigenvalue weighted by Gasteiger charge is -2.11. The topological polar surface area (TPSA) is 51.8 Å². The van der Waals surface area contributed by atoms with Crippen LogP contribution in [-0.2, 0) is 0 Å². The first-order valence-electron chi connectivity index (χ1n) is 18.7. The molecule has 0 aliphatic carbocycles. The summed E-state index contributed by atoms with van der Waals surface area (Å²) in [7, 11) is 0. The Bertz CT molecular complexity index is 3240. The number of furan rings is 1. The van der Waals surface area contributed by atoms with E-state index in [9.17, 15) is 0 Å². The minimum Gasteiger partial charge on any atom is -0.455 e. The van der Waals surface area contributed by atoms with Gasteiger partial charge in [-0.25, -0.2) is 15.0 Å². The monoisotopic (exact) mass is 733 g/mol. The van der Waals surface area contributed by atoms with E-state index in [-0.39, 0.29) is 0 Å². The molecule has 0 atom stereocenters. The van der Waals surface area contributed by atoms with Crippen LogP contribution in [0.4, 0.5) is 0 Å². The second kappa shape index (κ2) is 13.3. The molecule has 3 heterocycles. The van der Waals surface area contributed by atoms with Gasteiger partial charge in [-0.05, 0) is 69.8 Å². The van der Waals surface area contributed by atoms with Crippen molar-refractivity contribution < 1.29 is 4.42 Å². The van der Waals surface area contributed by atoms with E-state index in [1.165, 1.54) is 36.9 Å². The van der Waals surface area contributed by atoms with Gasteiger partial charge in [-0.2, -0.15) is 0 Å². The fraction of sp³-hybridized carbons (Fsp3) is 0.